The SMILES string of the molecule is Cc1cn(C)c(=O)c2c(C(=O)N3CC4CC4(c4ccc(Cl)c(Cl)c4)C3)cn(C)c12. The van der Waals surface area contributed by atoms with Crippen molar-refractivity contribution in [2.75, 3.05) is 13.1 Å². The highest BCUT2D eigenvalue weighted by Gasteiger charge is 2.61. The Morgan fingerprint density at radius 2 is 1.90 bits per heavy atom. The van der Waals surface area contributed by atoms with Gasteiger partial charge in [0.2, 0.25) is 0 Å². The van der Waals surface area contributed by atoms with Crippen LogP contribution in [0, 0.1) is 12.8 Å². The first-order chi connectivity index (χ1) is 13.7. The molecule has 0 spiro atoms. The highest BCUT2D eigenvalue weighted by Crippen LogP contribution is 2.59. The molecule has 1 aliphatic heterocycles. The number of piperidine rings is 1. The fourth-order valence-electron chi connectivity index (χ4n) is 5.13. The summed E-state index contributed by atoms with van der Waals surface area (Å²) in [6.07, 6.45) is 4.64. The average Bonchev–Trinajstić information content (AvgIpc) is 3.06. The van der Waals surface area contributed by atoms with Crippen LogP contribution in [0.15, 0.2) is 35.4 Å². The summed E-state index contributed by atoms with van der Waals surface area (Å²) in [6.45, 7) is 3.29. The molecule has 1 amide bonds. The van der Waals surface area contributed by atoms with Crippen molar-refractivity contribution in [3.63, 3.8) is 0 Å². The Morgan fingerprint density at radius 3 is 2.62 bits per heavy atom. The second-order valence-corrected chi connectivity index (χ2v) is 9.29. The summed E-state index contributed by atoms with van der Waals surface area (Å²) in [5, 5.41) is 1.59. The number of aryl methyl sites for hydroxylation is 3. The van der Waals surface area contributed by atoms with Gasteiger partial charge in [0, 0.05) is 45.0 Å². The van der Waals surface area contributed by atoms with Crippen molar-refractivity contribution in [1.82, 2.24) is 14.0 Å². The Labute approximate surface area is 178 Å². The molecule has 1 aliphatic carbocycles. The van der Waals surface area contributed by atoms with E-state index in [0.29, 0.717) is 40.0 Å². The number of hydrogen-bond donors (Lipinski definition) is 0. The maximum Gasteiger partial charge on any atom is 0.260 e. The lowest BCUT2D eigenvalue weighted by Gasteiger charge is -2.21. The van der Waals surface area contributed by atoms with E-state index in [1.54, 1.807) is 17.8 Å². The molecule has 0 bridgehead atoms. The monoisotopic (exact) mass is 429 g/mol. The highest BCUT2D eigenvalue weighted by atomic mass is 35.5. The van der Waals surface area contributed by atoms with Gasteiger partial charge in [-0.15, -0.1) is 0 Å². The summed E-state index contributed by atoms with van der Waals surface area (Å²) in [5.41, 5.74) is 3.22. The van der Waals surface area contributed by atoms with Crippen LogP contribution in [0.25, 0.3) is 10.9 Å². The summed E-state index contributed by atoms with van der Waals surface area (Å²) in [6, 6.07) is 5.76. The zero-order valence-electron chi connectivity index (χ0n) is 16.5. The van der Waals surface area contributed by atoms with Gasteiger partial charge in [0.15, 0.2) is 0 Å². The van der Waals surface area contributed by atoms with E-state index in [1.165, 1.54) is 0 Å². The summed E-state index contributed by atoms with van der Waals surface area (Å²) >= 11 is 12.3. The van der Waals surface area contributed by atoms with E-state index in [9.17, 15) is 9.59 Å². The molecule has 1 saturated heterocycles. The van der Waals surface area contributed by atoms with Gasteiger partial charge in [0.1, 0.15) is 0 Å². The van der Waals surface area contributed by atoms with Crippen LogP contribution in [0.1, 0.15) is 27.9 Å². The van der Waals surface area contributed by atoms with Gasteiger partial charge in [0.25, 0.3) is 11.5 Å². The Balaban J connectivity index is 1.52. The molecule has 5 nitrogen and oxygen atoms in total. The second kappa shape index (κ2) is 6.13. The Morgan fingerprint density at radius 1 is 1.14 bits per heavy atom. The molecule has 7 heteroatoms. The number of benzene rings is 1. The number of carbonyl (C=O) groups excluding carboxylic acids is 1. The van der Waals surface area contributed by atoms with Crippen LogP contribution in [-0.4, -0.2) is 33.0 Å². The lowest BCUT2D eigenvalue weighted by molar-refractivity contribution is 0.0774. The van der Waals surface area contributed by atoms with Gasteiger partial charge in [-0.25, -0.2) is 0 Å². The first-order valence-electron chi connectivity index (χ1n) is 9.63. The van der Waals surface area contributed by atoms with Gasteiger partial charge in [0.05, 0.1) is 26.5 Å². The topological polar surface area (TPSA) is 47.2 Å². The van der Waals surface area contributed by atoms with E-state index < -0.39 is 0 Å². The number of likely N-dealkylation sites (tertiary alicyclic amines) is 1. The fraction of sp³-hybridized carbons (Fsp3) is 0.364. The molecule has 2 atom stereocenters. The van der Waals surface area contributed by atoms with E-state index in [0.717, 1.165) is 23.1 Å². The molecule has 0 radical (unpaired) electrons. The van der Waals surface area contributed by atoms with Crippen LogP contribution in [0.4, 0.5) is 0 Å². The molecule has 3 heterocycles. The van der Waals surface area contributed by atoms with Gasteiger partial charge in [-0.2, -0.15) is 0 Å². The van der Waals surface area contributed by atoms with Crippen molar-refractivity contribution in [3.05, 3.63) is 67.7 Å². The number of pyridine rings is 1. The first-order valence-corrected chi connectivity index (χ1v) is 10.4. The van der Waals surface area contributed by atoms with Crippen LogP contribution in [0.2, 0.25) is 10.0 Å². The van der Waals surface area contributed by atoms with Crippen molar-refractivity contribution < 1.29 is 4.79 Å². The van der Waals surface area contributed by atoms with Gasteiger partial charge in [-0.1, -0.05) is 29.3 Å². The molecule has 2 aliphatic rings. The maximum absolute atomic E-state index is 13.4. The number of amides is 1. The summed E-state index contributed by atoms with van der Waals surface area (Å²) in [5.74, 6) is 0.341. The smallest absolute Gasteiger partial charge is 0.260 e. The molecule has 2 fully saturated rings. The maximum atomic E-state index is 13.4. The molecular formula is C22H21Cl2N3O2. The molecule has 29 heavy (non-hydrogen) atoms. The van der Waals surface area contributed by atoms with Gasteiger partial charge >= 0.3 is 0 Å². The zero-order valence-corrected chi connectivity index (χ0v) is 18.0. The minimum Gasteiger partial charge on any atom is -0.349 e. The van der Waals surface area contributed by atoms with Crippen LogP contribution >= 0.6 is 23.2 Å². The molecular weight excluding hydrogens is 409 g/mol. The van der Waals surface area contributed by atoms with Crippen LogP contribution in [0.3, 0.4) is 0 Å². The third kappa shape index (κ3) is 2.60. The number of hydrogen-bond acceptors (Lipinski definition) is 2. The molecule has 150 valence electrons. The van der Waals surface area contributed by atoms with E-state index >= 15 is 0 Å². The predicted octanol–water partition coefficient (Wildman–Crippen LogP) is 3.91. The number of carbonyl (C=O) groups is 1. The molecule has 0 N–H and O–H groups in total. The molecule has 2 aromatic heterocycles. The van der Waals surface area contributed by atoms with Crippen LogP contribution < -0.4 is 5.56 Å². The molecule has 5 rings (SSSR count). The molecule has 1 aromatic carbocycles. The van der Waals surface area contributed by atoms with Gasteiger partial charge in [-0.05, 0) is 42.5 Å². The van der Waals surface area contributed by atoms with Crippen molar-refractivity contribution in [2.45, 2.75) is 18.8 Å². The third-order valence-electron chi connectivity index (χ3n) is 6.63. The van der Waals surface area contributed by atoms with E-state index in [1.807, 2.05) is 47.8 Å². The molecule has 1 saturated carbocycles. The lowest BCUT2D eigenvalue weighted by Crippen LogP contribution is -2.33. The normalized spacial score (nSPS) is 22.9. The lowest BCUT2D eigenvalue weighted by atomic mass is 9.95. The second-order valence-electron chi connectivity index (χ2n) is 8.48. The number of halogens is 2. The quantitative estimate of drug-likeness (QED) is 0.619. The summed E-state index contributed by atoms with van der Waals surface area (Å²) < 4.78 is 3.43. The van der Waals surface area contributed by atoms with Crippen LogP contribution in [0.5, 0.6) is 0 Å². The van der Waals surface area contributed by atoms with E-state index in [2.05, 4.69) is 0 Å². The van der Waals surface area contributed by atoms with Crippen molar-refractivity contribution in [3.8, 4) is 0 Å². The zero-order chi connectivity index (χ0) is 20.7. The predicted molar refractivity (Wildman–Crippen MR) is 115 cm³/mol. The Hall–Kier alpha value is -2.24. The highest BCUT2D eigenvalue weighted by molar-refractivity contribution is 6.42. The molecule has 2 unspecified atom stereocenters. The van der Waals surface area contributed by atoms with Crippen molar-refractivity contribution in [1.29, 1.82) is 0 Å². The number of rotatable bonds is 2. The minimum atomic E-state index is -0.141. The largest absolute Gasteiger partial charge is 0.349 e. The average molecular weight is 430 g/mol. The number of aromatic nitrogens is 2. The number of fused-ring (bicyclic) bond motifs is 2. The van der Waals surface area contributed by atoms with Crippen molar-refractivity contribution >= 4 is 40.0 Å². The standard InChI is InChI=1S/C22H21Cl2N3O2/c1-12-8-26(3)21(29)18-15(10-25(2)19(12)18)20(28)27-9-14-7-22(14,11-27)13-4-5-16(23)17(24)6-13/h4-6,8,10,14H,7,9,11H2,1-3H3. The number of nitrogens with zero attached hydrogens (tertiary/aromatic N) is 3. The summed E-state index contributed by atoms with van der Waals surface area (Å²) in [4.78, 5) is 28.1. The molecule has 3 aromatic rings. The summed E-state index contributed by atoms with van der Waals surface area (Å²) in [7, 11) is 3.60. The first kappa shape index (κ1) is 18.8. The minimum absolute atomic E-state index is 0.0463. The van der Waals surface area contributed by atoms with E-state index in [4.69, 9.17) is 23.2 Å². The van der Waals surface area contributed by atoms with Crippen molar-refractivity contribution in [2.24, 2.45) is 20.0 Å². The van der Waals surface area contributed by atoms with Crippen LogP contribution in [-0.2, 0) is 19.5 Å². The van der Waals surface area contributed by atoms with Gasteiger partial charge in [-0.3, -0.25) is 9.59 Å². The fourth-order valence-corrected chi connectivity index (χ4v) is 5.43. The Bertz CT molecular complexity index is 1260. The third-order valence-corrected chi connectivity index (χ3v) is 7.37. The van der Waals surface area contributed by atoms with Gasteiger partial charge < -0.3 is 14.0 Å². The Kier molecular flexibility index (Phi) is 3.97. The van der Waals surface area contributed by atoms with E-state index in [-0.39, 0.29) is 16.9 Å².